The lowest BCUT2D eigenvalue weighted by Gasteiger charge is -2.16. The summed E-state index contributed by atoms with van der Waals surface area (Å²) in [5.41, 5.74) is 3.91. The standard InChI is InChI=1S/C21H18O/c22-21(19-14-8-3-9-15-19)20(18-12-6-2-7-13-18)16-17-10-4-1-5-11-17/h1-16,21-22H/b20-16+/t21-/m0/s1. The van der Waals surface area contributed by atoms with E-state index in [0.29, 0.717) is 0 Å². The summed E-state index contributed by atoms with van der Waals surface area (Å²) in [4.78, 5) is 0. The smallest absolute Gasteiger partial charge is 0.105 e. The van der Waals surface area contributed by atoms with Crippen LogP contribution in [0.3, 0.4) is 0 Å². The molecule has 0 radical (unpaired) electrons. The third-order valence-corrected chi connectivity index (χ3v) is 3.64. The van der Waals surface area contributed by atoms with Crippen LogP contribution in [-0.2, 0) is 0 Å². The number of aliphatic hydroxyl groups excluding tert-OH is 1. The second-order valence-corrected chi connectivity index (χ2v) is 5.19. The van der Waals surface area contributed by atoms with E-state index in [1.807, 2.05) is 97.1 Å². The second kappa shape index (κ2) is 6.88. The van der Waals surface area contributed by atoms with Crippen molar-refractivity contribution in [3.63, 3.8) is 0 Å². The Hall–Kier alpha value is -2.64. The van der Waals surface area contributed by atoms with Crippen molar-refractivity contribution in [3.8, 4) is 0 Å². The lowest BCUT2D eigenvalue weighted by atomic mass is 9.93. The molecular weight excluding hydrogens is 268 g/mol. The van der Waals surface area contributed by atoms with Crippen molar-refractivity contribution in [2.24, 2.45) is 0 Å². The summed E-state index contributed by atoms with van der Waals surface area (Å²) in [5, 5.41) is 10.8. The minimum Gasteiger partial charge on any atom is -0.384 e. The number of benzene rings is 3. The van der Waals surface area contributed by atoms with Crippen LogP contribution in [0.5, 0.6) is 0 Å². The summed E-state index contributed by atoms with van der Waals surface area (Å²) in [6, 6.07) is 29.9. The second-order valence-electron chi connectivity index (χ2n) is 5.19. The molecule has 1 nitrogen and oxygen atoms in total. The van der Waals surface area contributed by atoms with E-state index in [-0.39, 0.29) is 0 Å². The SMILES string of the molecule is O[C@H](/C(=C/c1ccccc1)c1ccccc1)c1ccccc1. The van der Waals surface area contributed by atoms with Gasteiger partial charge in [0.05, 0.1) is 0 Å². The van der Waals surface area contributed by atoms with Gasteiger partial charge in [-0.2, -0.15) is 0 Å². The zero-order chi connectivity index (χ0) is 15.2. The molecule has 3 aromatic carbocycles. The van der Waals surface area contributed by atoms with Crippen LogP contribution in [0, 0.1) is 0 Å². The van der Waals surface area contributed by atoms with Gasteiger partial charge in [0.2, 0.25) is 0 Å². The van der Waals surface area contributed by atoms with Gasteiger partial charge in [-0.3, -0.25) is 0 Å². The number of hydrogen-bond donors (Lipinski definition) is 1. The average Bonchev–Trinajstić information content (AvgIpc) is 2.61. The first-order chi connectivity index (χ1) is 10.8. The molecule has 108 valence electrons. The molecular formula is C21H18O. The van der Waals surface area contributed by atoms with Crippen LogP contribution in [0.4, 0.5) is 0 Å². The van der Waals surface area contributed by atoms with Crippen molar-refractivity contribution in [1.82, 2.24) is 0 Å². The summed E-state index contributed by atoms with van der Waals surface area (Å²) in [6.07, 6.45) is 1.40. The van der Waals surface area contributed by atoms with E-state index in [9.17, 15) is 5.11 Å². The Labute approximate surface area is 131 Å². The van der Waals surface area contributed by atoms with Gasteiger partial charge in [0.15, 0.2) is 0 Å². The minimum atomic E-state index is -0.649. The third kappa shape index (κ3) is 3.33. The highest BCUT2D eigenvalue weighted by Crippen LogP contribution is 2.31. The van der Waals surface area contributed by atoms with Gasteiger partial charge in [-0.15, -0.1) is 0 Å². The maximum absolute atomic E-state index is 10.8. The van der Waals surface area contributed by atoms with Crippen LogP contribution < -0.4 is 0 Å². The fraction of sp³-hybridized carbons (Fsp3) is 0.0476. The molecule has 0 aliphatic heterocycles. The highest BCUT2D eigenvalue weighted by Gasteiger charge is 2.15. The summed E-state index contributed by atoms with van der Waals surface area (Å²) in [6.45, 7) is 0. The van der Waals surface area contributed by atoms with E-state index in [1.165, 1.54) is 0 Å². The molecule has 0 spiro atoms. The van der Waals surface area contributed by atoms with E-state index in [0.717, 1.165) is 22.3 Å². The van der Waals surface area contributed by atoms with Crippen LogP contribution in [0.25, 0.3) is 11.6 Å². The number of hydrogen-bond acceptors (Lipinski definition) is 1. The van der Waals surface area contributed by atoms with Crippen LogP contribution in [0.15, 0.2) is 91.0 Å². The maximum atomic E-state index is 10.8. The summed E-state index contributed by atoms with van der Waals surface area (Å²) in [7, 11) is 0. The van der Waals surface area contributed by atoms with Crippen molar-refractivity contribution in [3.05, 3.63) is 108 Å². The van der Waals surface area contributed by atoms with Crippen molar-refractivity contribution in [2.45, 2.75) is 6.10 Å². The van der Waals surface area contributed by atoms with Gasteiger partial charge >= 0.3 is 0 Å². The molecule has 0 aromatic heterocycles. The predicted octanol–water partition coefficient (Wildman–Crippen LogP) is 4.96. The Kier molecular flexibility index (Phi) is 4.47. The Bertz CT molecular complexity index is 731. The molecule has 0 amide bonds. The van der Waals surface area contributed by atoms with Gasteiger partial charge in [-0.25, -0.2) is 0 Å². The Morgan fingerprint density at radius 3 is 1.77 bits per heavy atom. The molecule has 3 rings (SSSR count). The van der Waals surface area contributed by atoms with Gasteiger partial charge < -0.3 is 5.11 Å². The number of aliphatic hydroxyl groups is 1. The molecule has 3 aromatic rings. The largest absolute Gasteiger partial charge is 0.384 e. The Balaban J connectivity index is 2.06. The zero-order valence-corrected chi connectivity index (χ0v) is 12.3. The topological polar surface area (TPSA) is 20.2 Å². The van der Waals surface area contributed by atoms with Crippen LogP contribution in [-0.4, -0.2) is 5.11 Å². The normalized spacial score (nSPS) is 12.9. The fourth-order valence-electron chi connectivity index (χ4n) is 2.49. The highest BCUT2D eigenvalue weighted by atomic mass is 16.3. The summed E-state index contributed by atoms with van der Waals surface area (Å²) < 4.78 is 0. The van der Waals surface area contributed by atoms with Gasteiger partial charge in [0.1, 0.15) is 6.10 Å². The molecule has 0 saturated heterocycles. The first kappa shape index (κ1) is 14.3. The number of rotatable bonds is 4. The van der Waals surface area contributed by atoms with E-state index in [2.05, 4.69) is 0 Å². The first-order valence-corrected chi connectivity index (χ1v) is 7.39. The van der Waals surface area contributed by atoms with Gasteiger partial charge in [-0.05, 0) is 28.3 Å². The van der Waals surface area contributed by atoms with Crippen LogP contribution >= 0.6 is 0 Å². The van der Waals surface area contributed by atoms with E-state index in [1.54, 1.807) is 0 Å². The fourth-order valence-corrected chi connectivity index (χ4v) is 2.49. The molecule has 0 saturated carbocycles. The van der Waals surface area contributed by atoms with Crippen molar-refractivity contribution >= 4 is 11.6 Å². The first-order valence-electron chi connectivity index (χ1n) is 7.39. The van der Waals surface area contributed by atoms with Crippen LogP contribution in [0.2, 0.25) is 0 Å². The zero-order valence-electron chi connectivity index (χ0n) is 12.3. The predicted molar refractivity (Wildman–Crippen MR) is 92.2 cm³/mol. The average molecular weight is 286 g/mol. The molecule has 0 aliphatic carbocycles. The van der Waals surface area contributed by atoms with Crippen LogP contribution in [0.1, 0.15) is 22.8 Å². The highest BCUT2D eigenvalue weighted by molar-refractivity contribution is 5.84. The summed E-state index contributed by atoms with van der Waals surface area (Å²) in [5.74, 6) is 0. The quantitative estimate of drug-likeness (QED) is 0.672. The minimum absolute atomic E-state index is 0.649. The molecule has 1 N–H and O–H groups in total. The van der Waals surface area contributed by atoms with E-state index < -0.39 is 6.10 Å². The van der Waals surface area contributed by atoms with Crippen molar-refractivity contribution in [1.29, 1.82) is 0 Å². The third-order valence-electron chi connectivity index (χ3n) is 3.64. The Morgan fingerprint density at radius 1 is 0.682 bits per heavy atom. The molecule has 1 atom stereocenters. The summed E-state index contributed by atoms with van der Waals surface area (Å²) >= 11 is 0. The molecule has 0 unspecified atom stereocenters. The van der Waals surface area contributed by atoms with Gasteiger partial charge in [-0.1, -0.05) is 91.0 Å². The molecule has 1 heteroatoms. The molecule has 0 heterocycles. The maximum Gasteiger partial charge on any atom is 0.105 e. The van der Waals surface area contributed by atoms with E-state index >= 15 is 0 Å². The lowest BCUT2D eigenvalue weighted by Crippen LogP contribution is -2.01. The van der Waals surface area contributed by atoms with Crippen molar-refractivity contribution in [2.75, 3.05) is 0 Å². The molecule has 0 fully saturated rings. The van der Waals surface area contributed by atoms with E-state index in [4.69, 9.17) is 0 Å². The molecule has 22 heavy (non-hydrogen) atoms. The van der Waals surface area contributed by atoms with Crippen molar-refractivity contribution < 1.29 is 5.11 Å². The van der Waals surface area contributed by atoms with Gasteiger partial charge in [0.25, 0.3) is 0 Å². The van der Waals surface area contributed by atoms with Gasteiger partial charge in [0, 0.05) is 0 Å². The Morgan fingerprint density at radius 2 is 1.18 bits per heavy atom. The molecule has 0 aliphatic rings. The molecule has 0 bridgehead atoms. The monoisotopic (exact) mass is 286 g/mol. The lowest BCUT2D eigenvalue weighted by molar-refractivity contribution is 0.239.